The minimum atomic E-state index is -0.114. The van der Waals surface area contributed by atoms with Crippen LogP contribution in [0.1, 0.15) is 31.7 Å². The maximum atomic E-state index is 12.3. The molecule has 1 aromatic rings. The lowest BCUT2D eigenvalue weighted by Gasteiger charge is -2.28. The van der Waals surface area contributed by atoms with Crippen LogP contribution in [-0.2, 0) is 17.8 Å². The maximum Gasteiger partial charge on any atom is 0.240 e. The molecule has 0 aliphatic carbocycles. The van der Waals surface area contributed by atoms with E-state index >= 15 is 0 Å². The average Bonchev–Trinajstić information content (AvgIpc) is 2.82. The van der Waals surface area contributed by atoms with Gasteiger partial charge in [0, 0.05) is 26.1 Å². The Hall–Kier alpha value is -1.36. The number of amides is 1. The molecule has 1 amide bonds. The quantitative estimate of drug-likeness (QED) is 0.808. The molecule has 5 heteroatoms. The van der Waals surface area contributed by atoms with Crippen molar-refractivity contribution in [3.8, 4) is 0 Å². The lowest BCUT2D eigenvalue weighted by molar-refractivity contribution is -0.133. The van der Waals surface area contributed by atoms with Gasteiger partial charge in [-0.15, -0.1) is 0 Å². The smallest absolute Gasteiger partial charge is 0.240 e. The Morgan fingerprint density at radius 3 is 3.12 bits per heavy atom. The molecule has 0 fully saturated rings. The van der Waals surface area contributed by atoms with E-state index in [0.29, 0.717) is 13.0 Å². The van der Waals surface area contributed by atoms with Crippen molar-refractivity contribution in [1.82, 2.24) is 20.2 Å². The Morgan fingerprint density at radius 1 is 1.59 bits per heavy atom. The van der Waals surface area contributed by atoms with E-state index < -0.39 is 0 Å². The molecule has 94 valence electrons. The number of aromatic amines is 1. The Kier molecular flexibility index (Phi) is 3.78. The molecule has 0 spiro atoms. The second-order valence-electron chi connectivity index (χ2n) is 4.38. The molecule has 1 aliphatic rings. The highest BCUT2D eigenvalue weighted by Crippen LogP contribution is 2.13. The van der Waals surface area contributed by atoms with Gasteiger partial charge in [-0.25, -0.2) is 4.98 Å². The standard InChI is InChI=1S/C12H20N4O/c1-3-5-16(4-2)12(17)10-6-9-11(7-13-10)15-8-14-9/h8,10,13H,3-7H2,1-2H3,(H,14,15). The van der Waals surface area contributed by atoms with Crippen molar-refractivity contribution in [2.45, 2.75) is 39.3 Å². The van der Waals surface area contributed by atoms with Crippen LogP contribution in [0.2, 0.25) is 0 Å². The van der Waals surface area contributed by atoms with E-state index in [9.17, 15) is 4.79 Å². The minimum Gasteiger partial charge on any atom is -0.347 e. The second kappa shape index (κ2) is 5.31. The summed E-state index contributed by atoms with van der Waals surface area (Å²) < 4.78 is 0. The fourth-order valence-electron chi connectivity index (χ4n) is 2.26. The van der Waals surface area contributed by atoms with Crippen LogP contribution < -0.4 is 5.32 Å². The number of carbonyl (C=O) groups excluding carboxylic acids is 1. The molecule has 2 heterocycles. The lowest BCUT2D eigenvalue weighted by Crippen LogP contribution is -2.49. The van der Waals surface area contributed by atoms with Gasteiger partial charge in [-0.2, -0.15) is 0 Å². The molecule has 0 radical (unpaired) electrons. The molecule has 17 heavy (non-hydrogen) atoms. The largest absolute Gasteiger partial charge is 0.347 e. The molecule has 0 aromatic carbocycles. The SMILES string of the molecule is CCCN(CC)C(=O)C1Cc2nc[nH]c2CN1. The average molecular weight is 236 g/mol. The van der Waals surface area contributed by atoms with Crippen molar-refractivity contribution in [3.05, 3.63) is 17.7 Å². The maximum absolute atomic E-state index is 12.3. The molecule has 0 saturated carbocycles. The van der Waals surface area contributed by atoms with Gasteiger partial charge < -0.3 is 9.88 Å². The van der Waals surface area contributed by atoms with Gasteiger partial charge in [-0.1, -0.05) is 6.92 Å². The van der Waals surface area contributed by atoms with Crippen LogP contribution in [0, 0.1) is 0 Å². The van der Waals surface area contributed by atoms with Crippen LogP contribution in [0.15, 0.2) is 6.33 Å². The zero-order chi connectivity index (χ0) is 12.3. The van der Waals surface area contributed by atoms with Crippen LogP contribution >= 0.6 is 0 Å². The third kappa shape index (κ3) is 2.49. The molecule has 1 atom stereocenters. The molecule has 0 bridgehead atoms. The molecule has 2 rings (SSSR count). The Balaban J connectivity index is 2.02. The van der Waals surface area contributed by atoms with Gasteiger partial charge in [0.2, 0.25) is 5.91 Å². The third-order valence-corrected chi connectivity index (χ3v) is 3.22. The highest BCUT2D eigenvalue weighted by Gasteiger charge is 2.28. The molecular weight excluding hydrogens is 216 g/mol. The predicted molar refractivity (Wildman–Crippen MR) is 65.5 cm³/mol. The van der Waals surface area contributed by atoms with Crippen LogP contribution in [-0.4, -0.2) is 39.9 Å². The zero-order valence-corrected chi connectivity index (χ0v) is 10.5. The van der Waals surface area contributed by atoms with Gasteiger partial charge in [-0.3, -0.25) is 10.1 Å². The fraction of sp³-hybridized carbons (Fsp3) is 0.667. The van der Waals surface area contributed by atoms with Crippen LogP contribution in [0.5, 0.6) is 0 Å². The first kappa shape index (κ1) is 12.1. The van der Waals surface area contributed by atoms with Crippen LogP contribution in [0.3, 0.4) is 0 Å². The molecule has 5 nitrogen and oxygen atoms in total. The molecule has 0 saturated heterocycles. The van der Waals surface area contributed by atoms with Crippen molar-refractivity contribution >= 4 is 5.91 Å². The highest BCUT2D eigenvalue weighted by molar-refractivity contribution is 5.82. The van der Waals surface area contributed by atoms with Crippen LogP contribution in [0.4, 0.5) is 0 Å². The minimum absolute atomic E-state index is 0.114. The van der Waals surface area contributed by atoms with Crippen molar-refractivity contribution in [1.29, 1.82) is 0 Å². The first-order valence-electron chi connectivity index (χ1n) is 6.29. The van der Waals surface area contributed by atoms with Gasteiger partial charge in [0.1, 0.15) is 0 Å². The van der Waals surface area contributed by atoms with Gasteiger partial charge in [-0.05, 0) is 13.3 Å². The van der Waals surface area contributed by atoms with E-state index in [1.165, 1.54) is 0 Å². The Bertz CT molecular complexity index is 388. The number of carbonyl (C=O) groups is 1. The summed E-state index contributed by atoms with van der Waals surface area (Å²) >= 11 is 0. The Labute approximate surface area is 102 Å². The second-order valence-corrected chi connectivity index (χ2v) is 4.38. The normalized spacial score (nSPS) is 18.8. The predicted octanol–water partition coefficient (Wildman–Crippen LogP) is 0.682. The fourth-order valence-corrected chi connectivity index (χ4v) is 2.26. The number of H-pyrrole nitrogens is 1. The zero-order valence-electron chi connectivity index (χ0n) is 10.5. The van der Waals surface area contributed by atoms with E-state index in [-0.39, 0.29) is 11.9 Å². The number of nitrogens with zero attached hydrogens (tertiary/aromatic N) is 2. The Morgan fingerprint density at radius 2 is 2.41 bits per heavy atom. The van der Waals surface area contributed by atoms with Crippen molar-refractivity contribution in [2.75, 3.05) is 13.1 Å². The summed E-state index contributed by atoms with van der Waals surface area (Å²) in [5, 5.41) is 3.27. The number of aromatic nitrogens is 2. The number of hydrogen-bond acceptors (Lipinski definition) is 3. The van der Waals surface area contributed by atoms with Crippen LogP contribution in [0.25, 0.3) is 0 Å². The molecule has 1 aliphatic heterocycles. The van der Waals surface area contributed by atoms with Gasteiger partial charge in [0.25, 0.3) is 0 Å². The lowest BCUT2D eigenvalue weighted by atomic mass is 10.0. The summed E-state index contributed by atoms with van der Waals surface area (Å²) in [5.74, 6) is 0.197. The van der Waals surface area contributed by atoms with E-state index in [1.54, 1.807) is 6.33 Å². The summed E-state index contributed by atoms with van der Waals surface area (Å²) in [4.78, 5) is 21.5. The summed E-state index contributed by atoms with van der Waals surface area (Å²) in [7, 11) is 0. The van der Waals surface area contributed by atoms with Gasteiger partial charge in [0.05, 0.1) is 23.8 Å². The number of likely N-dealkylation sites (N-methyl/N-ethyl adjacent to an activating group) is 1. The number of fused-ring (bicyclic) bond motifs is 1. The third-order valence-electron chi connectivity index (χ3n) is 3.22. The summed E-state index contributed by atoms with van der Waals surface area (Å²) in [5.41, 5.74) is 2.13. The highest BCUT2D eigenvalue weighted by atomic mass is 16.2. The van der Waals surface area contributed by atoms with Crippen molar-refractivity contribution in [2.24, 2.45) is 0 Å². The van der Waals surface area contributed by atoms with E-state index in [1.807, 2.05) is 11.8 Å². The number of imidazole rings is 1. The summed E-state index contributed by atoms with van der Waals surface area (Å²) in [6.07, 6.45) is 3.39. The first-order chi connectivity index (χ1) is 8.26. The number of rotatable bonds is 4. The van der Waals surface area contributed by atoms with Gasteiger partial charge in [0.15, 0.2) is 0 Å². The number of hydrogen-bond donors (Lipinski definition) is 2. The summed E-state index contributed by atoms with van der Waals surface area (Å²) in [6.45, 7) is 6.43. The van der Waals surface area contributed by atoms with E-state index in [2.05, 4.69) is 22.2 Å². The van der Waals surface area contributed by atoms with Crippen molar-refractivity contribution < 1.29 is 4.79 Å². The van der Waals surface area contributed by atoms with Gasteiger partial charge >= 0.3 is 0 Å². The first-order valence-corrected chi connectivity index (χ1v) is 6.29. The molecule has 2 N–H and O–H groups in total. The van der Waals surface area contributed by atoms with E-state index in [4.69, 9.17) is 0 Å². The monoisotopic (exact) mass is 236 g/mol. The van der Waals surface area contributed by atoms with E-state index in [0.717, 1.165) is 30.9 Å². The molecule has 1 aromatic heterocycles. The topological polar surface area (TPSA) is 61.0 Å². The summed E-state index contributed by atoms with van der Waals surface area (Å²) in [6, 6.07) is -0.114. The number of nitrogens with one attached hydrogen (secondary N) is 2. The van der Waals surface area contributed by atoms with Crippen molar-refractivity contribution in [3.63, 3.8) is 0 Å². The molecular formula is C12H20N4O. The molecule has 1 unspecified atom stereocenters.